The number of aliphatic hydroxyl groups excluding tert-OH is 1. The number of aliphatic hydroxyl groups is 1. The molecule has 0 aromatic rings. The van der Waals surface area contributed by atoms with E-state index in [1.807, 2.05) is 6.92 Å². The van der Waals surface area contributed by atoms with E-state index in [0.29, 0.717) is 58.9 Å². The Bertz CT molecular complexity index is 581. The van der Waals surface area contributed by atoms with Crippen LogP contribution in [0.25, 0.3) is 0 Å². The number of hydrogen-bond acceptors (Lipinski definition) is 3. The summed E-state index contributed by atoms with van der Waals surface area (Å²) < 4.78 is 0. The van der Waals surface area contributed by atoms with E-state index in [9.17, 15) is 14.7 Å². The molecule has 0 saturated heterocycles. The zero-order chi connectivity index (χ0) is 25.3. The molecule has 0 amide bonds. The normalized spacial score (nSPS) is 33.8. The first-order chi connectivity index (χ1) is 15.3. The third kappa shape index (κ3) is 11.2. The Morgan fingerprint density at radius 2 is 1.15 bits per heavy atom. The number of carbonyl (C=O) groups excluding carboxylic acids is 2. The molecule has 34 heavy (non-hydrogen) atoms. The van der Waals surface area contributed by atoms with Gasteiger partial charge in [-0.3, -0.25) is 9.59 Å². The molecular weight excluding hydrogens is 420 g/mol. The van der Waals surface area contributed by atoms with E-state index in [0.717, 1.165) is 44.1 Å². The SMILES string of the molecule is C.C=C(C)[C@@H]1CC[C@@H](C)C[C@H]1O.CC(C)[C@@H]1CC[C@@H](C)CC1=O.CC(C)[C@H]1CC[C@@H](C)CC1=O. The zero-order valence-electron chi connectivity index (χ0n) is 23.0. The van der Waals surface area contributed by atoms with Crippen LogP contribution in [0, 0.1) is 47.3 Å². The Labute approximate surface area is 212 Å². The maximum atomic E-state index is 11.4. The number of hydrogen-bond donors (Lipinski definition) is 1. The quantitative estimate of drug-likeness (QED) is 0.415. The monoisotopic (exact) mass is 478 g/mol. The lowest BCUT2D eigenvalue weighted by Crippen LogP contribution is -2.28. The molecular formula is C31H58O3. The van der Waals surface area contributed by atoms with Crippen LogP contribution in [0.2, 0.25) is 0 Å². The molecule has 3 fully saturated rings. The van der Waals surface area contributed by atoms with Crippen LogP contribution in [0.15, 0.2) is 12.2 Å². The molecule has 3 aliphatic carbocycles. The maximum absolute atomic E-state index is 11.4. The van der Waals surface area contributed by atoms with Gasteiger partial charge in [0.15, 0.2) is 0 Å². The lowest BCUT2D eigenvalue weighted by Gasteiger charge is -2.31. The van der Waals surface area contributed by atoms with Gasteiger partial charge in [-0.1, -0.05) is 68.0 Å². The van der Waals surface area contributed by atoms with E-state index in [1.165, 1.54) is 19.3 Å². The smallest absolute Gasteiger partial charge is 0.136 e. The van der Waals surface area contributed by atoms with Crippen molar-refractivity contribution >= 4 is 11.6 Å². The summed E-state index contributed by atoms with van der Waals surface area (Å²) in [4.78, 5) is 22.9. The van der Waals surface area contributed by atoms with Crippen LogP contribution >= 0.6 is 0 Å². The Morgan fingerprint density at radius 3 is 1.44 bits per heavy atom. The van der Waals surface area contributed by atoms with E-state index < -0.39 is 0 Å². The van der Waals surface area contributed by atoms with Gasteiger partial charge in [0.2, 0.25) is 0 Å². The Hall–Kier alpha value is -0.960. The lowest BCUT2D eigenvalue weighted by atomic mass is 9.77. The van der Waals surface area contributed by atoms with Crippen molar-refractivity contribution in [2.45, 2.75) is 127 Å². The Morgan fingerprint density at radius 1 is 0.765 bits per heavy atom. The lowest BCUT2D eigenvalue weighted by molar-refractivity contribution is -0.128. The van der Waals surface area contributed by atoms with Crippen LogP contribution < -0.4 is 0 Å². The predicted molar refractivity (Wildman–Crippen MR) is 147 cm³/mol. The van der Waals surface area contributed by atoms with Gasteiger partial charge in [0.1, 0.15) is 11.6 Å². The van der Waals surface area contributed by atoms with Gasteiger partial charge in [0.25, 0.3) is 0 Å². The van der Waals surface area contributed by atoms with Crippen molar-refractivity contribution in [3.8, 4) is 0 Å². The number of rotatable bonds is 3. The molecule has 0 unspecified atom stereocenters. The molecule has 0 bridgehead atoms. The molecule has 0 radical (unpaired) electrons. The summed E-state index contributed by atoms with van der Waals surface area (Å²) in [7, 11) is 0. The summed E-state index contributed by atoms with van der Waals surface area (Å²) in [5, 5.41) is 9.65. The predicted octanol–water partition coefficient (Wildman–Crippen LogP) is 8.29. The van der Waals surface area contributed by atoms with Crippen molar-refractivity contribution < 1.29 is 14.7 Å². The number of Topliss-reactive ketones (excluding diaryl/α,β-unsaturated/α-hetero) is 2. The average Bonchev–Trinajstić information content (AvgIpc) is 2.68. The fourth-order valence-corrected chi connectivity index (χ4v) is 5.78. The minimum Gasteiger partial charge on any atom is -0.392 e. The first-order valence-corrected chi connectivity index (χ1v) is 13.7. The van der Waals surface area contributed by atoms with Gasteiger partial charge in [-0.2, -0.15) is 0 Å². The highest BCUT2D eigenvalue weighted by Gasteiger charge is 2.29. The summed E-state index contributed by atoms with van der Waals surface area (Å²) in [6.07, 6.45) is 9.57. The van der Waals surface area contributed by atoms with Crippen LogP contribution in [0.3, 0.4) is 0 Å². The maximum Gasteiger partial charge on any atom is 0.136 e. The molecule has 3 rings (SSSR count). The van der Waals surface area contributed by atoms with E-state index in [2.05, 4.69) is 55.0 Å². The number of ketones is 2. The topological polar surface area (TPSA) is 54.4 Å². The fourth-order valence-electron chi connectivity index (χ4n) is 5.78. The molecule has 0 aliphatic heterocycles. The first kappa shape index (κ1) is 33.0. The molecule has 7 atom stereocenters. The largest absolute Gasteiger partial charge is 0.392 e. The summed E-state index contributed by atoms with van der Waals surface area (Å²) in [5.41, 5.74) is 1.14. The van der Waals surface area contributed by atoms with Crippen LogP contribution in [0.4, 0.5) is 0 Å². The molecule has 0 heterocycles. The van der Waals surface area contributed by atoms with E-state index in [1.54, 1.807) is 0 Å². The van der Waals surface area contributed by atoms with Gasteiger partial charge in [-0.05, 0) is 81.5 Å². The molecule has 1 N–H and O–H groups in total. The van der Waals surface area contributed by atoms with Gasteiger partial charge < -0.3 is 5.11 Å². The average molecular weight is 479 g/mol. The standard InChI is InChI=1S/3C10H18O.CH4/c3*1-7(2)9-5-4-8(3)6-10(9)11;/h2*7-9H,4-6H2,1-3H3;8-11H,1,4-6H2,2-3H3;1H4/t8-,9+;8-,9-;8-,9+,10-;/m111./s1. The summed E-state index contributed by atoms with van der Waals surface area (Å²) in [5.74, 6) is 5.17. The van der Waals surface area contributed by atoms with Crippen molar-refractivity contribution in [1.82, 2.24) is 0 Å². The second kappa shape index (κ2) is 15.9. The zero-order valence-corrected chi connectivity index (χ0v) is 23.0. The molecule has 3 saturated carbocycles. The van der Waals surface area contributed by atoms with Gasteiger partial charge in [0.05, 0.1) is 6.10 Å². The summed E-state index contributed by atoms with van der Waals surface area (Å²) in [6, 6.07) is 0. The molecule has 3 heteroatoms. The van der Waals surface area contributed by atoms with E-state index in [4.69, 9.17) is 0 Å². The van der Waals surface area contributed by atoms with Gasteiger partial charge in [-0.25, -0.2) is 0 Å². The molecule has 3 nitrogen and oxygen atoms in total. The van der Waals surface area contributed by atoms with Crippen LogP contribution in [0.5, 0.6) is 0 Å². The summed E-state index contributed by atoms with van der Waals surface area (Å²) in [6.45, 7) is 21.1. The van der Waals surface area contributed by atoms with Crippen LogP contribution in [-0.2, 0) is 9.59 Å². The third-order valence-corrected chi connectivity index (χ3v) is 8.19. The minimum atomic E-state index is -0.128. The second-order valence-corrected chi connectivity index (χ2v) is 12.3. The highest BCUT2D eigenvalue weighted by molar-refractivity contribution is 5.82. The van der Waals surface area contributed by atoms with Crippen LogP contribution in [0.1, 0.15) is 121 Å². The highest BCUT2D eigenvalue weighted by Crippen LogP contribution is 2.33. The highest BCUT2D eigenvalue weighted by atomic mass is 16.3. The van der Waals surface area contributed by atoms with Crippen molar-refractivity contribution in [1.29, 1.82) is 0 Å². The molecule has 200 valence electrons. The third-order valence-electron chi connectivity index (χ3n) is 8.19. The van der Waals surface area contributed by atoms with Crippen molar-refractivity contribution in [2.75, 3.05) is 0 Å². The summed E-state index contributed by atoms with van der Waals surface area (Å²) >= 11 is 0. The van der Waals surface area contributed by atoms with Crippen molar-refractivity contribution in [3.05, 3.63) is 12.2 Å². The molecule has 0 aromatic heterocycles. The van der Waals surface area contributed by atoms with Crippen LogP contribution in [-0.4, -0.2) is 22.8 Å². The molecule has 0 aromatic carbocycles. The van der Waals surface area contributed by atoms with Gasteiger partial charge in [-0.15, -0.1) is 0 Å². The van der Waals surface area contributed by atoms with Gasteiger partial charge in [0, 0.05) is 30.6 Å². The molecule has 0 spiro atoms. The van der Waals surface area contributed by atoms with Crippen molar-refractivity contribution in [3.63, 3.8) is 0 Å². The number of carbonyl (C=O) groups is 2. The molecule has 3 aliphatic rings. The van der Waals surface area contributed by atoms with E-state index in [-0.39, 0.29) is 13.5 Å². The van der Waals surface area contributed by atoms with Crippen molar-refractivity contribution in [2.24, 2.45) is 47.3 Å². The Balaban J connectivity index is 0.000000473. The fraction of sp³-hybridized carbons (Fsp3) is 0.871. The first-order valence-electron chi connectivity index (χ1n) is 13.7. The van der Waals surface area contributed by atoms with Gasteiger partial charge >= 0.3 is 0 Å². The Kier molecular flexibility index (Phi) is 15.5. The minimum absolute atomic E-state index is 0. The van der Waals surface area contributed by atoms with E-state index >= 15 is 0 Å². The second-order valence-electron chi connectivity index (χ2n) is 12.3.